The van der Waals surface area contributed by atoms with Crippen LogP contribution in [-0.4, -0.2) is 0 Å². The lowest BCUT2D eigenvalue weighted by molar-refractivity contribution is -0.00518. The lowest BCUT2D eigenvalue weighted by Gasteiger charge is -2.57. The second-order valence-corrected chi connectivity index (χ2v) is 20.3. The average Bonchev–Trinajstić information content (AvgIpc) is 3.56. The standard InChI is InChI=1S/C63H53N/c1-62(2)59-19-11-10-18-55(59)56-30-29-51(37-60(56)62)64(50-27-22-46(23-28-50)57-36-48-14-6-7-15-52(48)53-16-8-9-17-54(53)57)61-31-24-47(35-58(61)45-12-4-3-5-13-45)44-20-25-49(26-21-44)63-38-41-32-42(39-63)34-43(33-41)40-63/h3-31,35-37,41-43H,32-34,38-40H2,1-2H3. The molecular weight excluding hydrogens is 771 g/mol. The molecule has 4 saturated carbocycles. The molecule has 0 heterocycles. The second-order valence-electron chi connectivity index (χ2n) is 20.3. The normalized spacial score (nSPS) is 21.2. The van der Waals surface area contributed by atoms with Gasteiger partial charge in [-0.05, 0) is 181 Å². The minimum atomic E-state index is -0.122. The van der Waals surface area contributed by atoms with Crippen molar-refractivity contribution in [1.29, 1.82) is 0 Å². The van der Waals surface area contributed by atoms with Crippen LogP contribution in [0.2, 0.25) is 0 Å². The van der Waals surface area contributed by atoms with Crippen molar-refractivity contribution in [3.63, 3.8) is 0 Å². The maximum Gasteiger partial charge on any atom is 0.0540 e. The van der Waals surface area contributed by atoms with Crippen LogP contribution >= 0.6 is 0 Å². The molecule has 64 heavy (non-hydrogen) atoms. The Labute approximate surface area is 378 Å². The van der Waals surface area contributed by atoms with Gasteiger partial charge in [0.2, 0.25) is 0 Å². The van der Waals surface area contributed by atoms with Crippen LogP contribution < -0.4 is 4.90 Å². The fourth-order valence-corrected chi connectivity index (χ4v) is 13.6. The van der Waals surface area contributed by atoms with Gasteiger partial charge < -0.3 is 4.90 Å². The fraction of sp³-hybridized carbons (Fsp3) is 0.206. The van der Waals surface area contributed by atoms with E-state index in [1.807, 2.05) is 0 Å². The van der Waals surface area contributed by atoms with E-state index in [4.69, 9.17) is 0 Å². The highest BCUT2D eigenvalue weighted by Gasteiger charge is 2.51. The van der Waals surface area contributed by atoms with Gasteiger partial charge in [-0.15, -0.1) is 0 Å². The zero-order valence-electron chi connectivity index (χ0n) is 36.9. The molecule has 9 aromatic rings. The lowest BCUT2D eigenvalue weighted by Crippen LogP contribution is -2.48. The van der Waals surface area contributed by atoms with Crippen LogP contribution in [-0.2, 0) is 10.8 Å². The Morgan fingerprint density at radius 2 is 0.969 bits per heavy atom. The SMILES string of the molecule is CC1(C)c2ccccc2-c2ccc(N(c3ccc(-c4cc5ccccc5c5ccccc45)cc3)c3ccc(-c4ccc(C56CC7CC(CC(C7)C5)C6)cc4)cc3-c3ccccc3)cc21. The number of hydrogen-bond donors (Lipinski definition) is 0. The maximum absolute atomic E-state index is 2.50. The van der Waals surface area contributed by atoms with Gasteiger partial charge in [0, 0.05) is 22.4 Å². The van der Waals surface area contributed by atoms with Crippen LogP contribution in [0.25, 0.3) is 66.1 Å². The van der Waals surface area contributed by atoms with Gasteiger partial charge in [-0.25, -0.2) is 0 Å². The first kappa shape index (κ1) is 37.8. The van der Waals surface area contributed by atoms with Crippen LogP contribution in [0, 0.1) is 17.8 Å². The molecular formula is C63H53N. The monoisotopic (exact) mass is 823 g/mol. The number of rotatable bonds is 7. The molecule has 0 saturated heterocycles. The third kappa shape index (κ3) is 5.97. The van der Waals surface area contributed by atoms with Gasteiger partial charge in [-0.3, -0.25) is 0 Å². The highest BCUT2D eigenvalue weighted by Crippen LogP contribution is 2.61. The van der Waals surface area contributed by atoms with Gasteiger partial charge in [-0.2, -0.15) is 0 Å². The molecule has 0 spiro atoms. The third-order valence-electron chi connectivity index (χ3n) is 16.2. The van der Waals surface area contributed by atoms with E-state index in [2.05, 4.69) is 213 Å². The Morgan fingerprint density at radius 3 is 1.72 bits per heavy atom. The largest absolute Gasteiger partial charge is 0.310 e. The predicted octanol–water partition coefficient (Wildman–Crippen LogP) is 17.2. The molecule has 9 aromatic carbocycles. The third-order valence-corrected chi connectivity index (χ3v) is 16.2. The summed E-state index contributed by atoms with van der Waals surface area (Å²) in [5.74, 6) is 2.82. The molecule has 1 nitrogen and oxygen atoms in total. The van der Waals surface area contributed by atoms with Gasteiger partial charge in [0.05, 0.1) is 5.69 Å². The summed E-state index contributed by atoms with van der Waals surface area (Å²) in [5.41, 5.74) is 18.2. The quantitative estimate of drug-likeness (QED) is 0.145. The van der Waals surface area contributed by atoms with Crippen molar-refractivity contribution in [2.45, 2.75) is 63.2 Å². The minimum absolute atomic E-state index is 0.122. The molecule has 0 N–H and O–H groups in total. The molecule has 0 radical (unpaired) electrons. The summed E-state index contributed by atoms with van der Waals surface area (Å²) in [4.78, 5) is 2.50. The molecule has 0 atom stereocenters. The molecule has 14 rings (SSSR count). The van der Waals surface area contributed by atoms with E-state index in [9.17, 15) is 0 Å². The van der Waals surface area contributed by atoms with Gasteiger partial charge in [-0.1, -0.05) is 166 Å². The van der Waals surface area contributed by atoms with Crippen LogP contribution in [0.1, 0.15) is 69.1 Å². The molecule has 0 amide bonds. The summed E-state index contributed by atoms with van der Waals surface area (Å²) in [6.07, 6.45) is 8.62. The first-order valence-electron chi connectivity index (χ1n) is 23.7. The maximum atomic E-state index is 2.50. The summed E-state index contributed by atoms with van der Waals surface area (Å²) in [5, 5.41) is 5.12. The van der Waals surface area contributed by atoms with Crippen molar-refractivity contribution in [2.24, 2.45) is 17.8 Å². The molecule has 4 fully saturated rings. The Kier molecular flexibility index (Phi) is 8.52. The Hall–Kier alpha value is -6.70. The highest BCUT2D eigenvalue weighted by atomic mass is 15.1. The molecule has 0 aliphatic heterocycles. The molecule has 310 valence electrons. The van der Waals surface area contributed by atoms with Crippen LogP contribution in [0.4, 0.5) is 17.1 Å². The average molecular weight is 824 g/mol. The second kappa shape index (κ2) is 14.4. The van der Waals surface area contributed by atoms with Crippen molar-refractivity contribution in [2.75, 3.05) is 4.90 Å². The van der Waals surface area contributed by atoms with Crippen LogP contribution in [0.3, 0.4) is 0 Å². The van der Waals surface area contributed by atoms with E-state index in [-0.39, 0.29) is 5.41 Å². The van der Waals surface area contributed by atoms with Crippen molar-refractivity contribution < 1.29 is 0 Å². The molecule has 5 aliphatic rings. The molecule has 5 aliphatic carbocycles. The summed E-state index contributed by atoms with van der Waals surface area (Å²) < 4.78 is 0. The smallest absolute Gasteiger partial charge is 0.0540 e. The topological polar surface area (TPSA) is 3.24 Å². The van der Waals surface area contributed by atoms with Crippen molar-refractivity contribution in [1.82, 2.24) is 0 Å². The van der Waals surface area contributed by atoms with Gasteiger partial charge in [0.25, 0.3) is 0 Å². The summed E-state index contributed by atoms with van der Waals surface area (Å²) >= 11 is 0. The summed E-state index contributed by atoms with van der Waals surface area (Å²) in [6, 6.07) is 73.5. The fourth-order valence-electron chi connectivity index (χ4n) is 13.6. The van der Waals surface area contributed by atoms with Crippen molar-refractivity contribution in [3.8, 4) is 44.5 Å². The Morgan fingerprint density at radius 1 is 0.391 bits per heavy atom. The van der Waals surface area contributed by atoms with E-state index in [0.717, 1.165) is 34.8 Å². The van der Waals surface area contributed by atoms with E-state index in [1.165, 1.54) is 116 Å². The van der Waals surface area contributed by atoms with E-state index < -0.39 is 0 Å². The van der Waals surface area contributed by atoms with Crippen molar-refractivity contribution in [3.05, 3.63) is 211 Å². The van der Waals surface area contributed by atoms with Gasteiger partial charge in [0.15, 0.2) is 0 Å². The first-order valence-corrected chi connectivity index (χ1v) is 23.7. The van der Waals surface area contributed by atoms with E-state index >= 15 is 0 Å². The van der Waals surface area contributed by atoms with Crippen LogP contribution in [0.5, 0.6) is 0 Å². The molecule has 1 heteroatoms. The molecule has 4 bridgehead atoms. The Balaban J connectivity index is 0.952. The van der Waals surface area contributed by atoms with Gasteiger partial charge in [0.1, 0.15) is 0 Å². The number of anilines is 3. The molecule has 0 unspecified atom stereocenters. The minimum Gasteiger partial charge on any atom is -0.310 e. The predicted molar refractivity (Wildman–Crippen MR) is 270 cm³/mol. The number of fused-ring (bicyclic) bond motifs is 6. The van der Waals surface area contributed by atoms with Crippen LogP contribution in [0.15, 0.2) is 194 Å². The van der Waals surface area contributed by atoms with Crippen molar-refractivity contribution >= 4 is 38.6 Å². The Bertz CT molecular complexity index is 3230. The van der Waals surface area contributed by atoms with E-state index in [0.29, 0.717) is 5.41 Å². The first-order chi connectivity index (χ1) is 31.4. The lowest BCUT2D eigenvalue weighted by atomic mass is 9.48. The van der Waals surface area contributed by atoms with Gasteiger partial charge >= 0.3 is 0 Å². The number of nitrogens with zero attached hydrogens (tertiary/aromatic N) is 1. The number of hydrogen-bond acceptors (Lipinski definition) is 1. The zero-order valence-corrected chi connectivity index (χ0v) is 36.9. The number of benzene rings is 9. The highest BCUT2D eigenvalue weighted by molar-refractivity contribution is 6.13. The summed E-state index contributed by atoms with van der Waals surface area (Å²) in [7, 11) is 0. The summed E-state index contributed by atoms with van der Waals surface area (Å²) in [6.45, 7) is 4.76. The van der Waals surface area contributed by atoms with E-state index in [1.54, 1.807) is 5.56 Å². The zero-order chi connectivity index (χ0) is 42.6. The molecule has 0 aromatic heterocycles.